The highest BCUT2D eigenvalue weighted by molar-refractivity contribution is 7.92. The van der Waals surface area contributed by atoms with E-state index in [9.17, 15) is 13.2 Å². The number of pyridine rings is 1. The summed E-state index contributed by atoms with van der Waals surface area (Å²) in [6.45, 7) is 5.96. The Labute approximate surface area is 177 Å². The summed E-state index contributed by atoms with van der Waals surface area (Å²) >= 11 is 0. The van der Waals surface area contributed by atoms with Crippen molar-refractivity contribution in [3.05, 3.63) is 42.1 Å². The van der Waals surface area contributed by atoms with Crippen molar-refractivity contribution >= 4 is 33.1 Å². The summed E-state index contributed by atoms with van der Waals surface area (Å²) in [5, 5.41) is 0. The maximum Gasteiger partial charge on any atom is 0.261 e. The number of nitrogens with zero attached hydrogens (tertiary/aromatic N) is 4. The monoisotopic (exact) mass is 429 g/mol. The Kier molecular flexibility index (Phi) is 5.66. The fourth-order valence-corrected chi connectivity index (χ4v) is 5.04. The summed E-state index contributed by atoms with van der Waals surface area (Å²) in [4.78, 5) is 22.6. The number of amides is 1. The molecule has 2 aliphatic heterocycles. The molecule has 8 nitrogen and oxygen atoms in total. The molecule has 1 aromatic heterocycles. The minimum atomic E-state index is -3.74. The maximum atomic E-state index is 12.9. The van der Waals surface area contributed by atoms with Gasteiger partial charge in [-0.1, -0.05) is 0 Å². The first-order valence-corrected chi connectivity index (χ1v) is 11.7. The second-order valence-electron chi connectivity index (χ2n) is 7.87. The minimum absolute atomic E-state index is 0.0313. The third kappa shape index (κ3) is 4.27. The number of piperazine rings is 1. The maximum absolute atomic E-state index is 12.9. The van der Waals surface area contributed by atoms with Gasteiger partial charge < -0.3 is 14.7 Å². The Morgan fingerprint density at radius 2 is 1.83 bits per heavy atom. The summed E-state index contributed by atoms with van der Waals surface area (Å²) < 4.78 is 28.4. The SMILES string of the molecule is CC(=O)N1CCCc2cc(S(=O)(=O)Nc3ccc(N4CCN(C)CC4)nc3)ccc21. The number of carbonyl (C=O) groups is 1. The van der Waals surface area contributed by atoms with Gasteiger partial charge in [0.15, 0.2) is 0 Å². The van der Waals surface area contributed by atoms with E-state index in [1.807, 2.05) is 6.07 Å². The molecule has 1 aromatic carbocycles. The molecule has 4 rings (SSSR count). The first-order chi connectivity index (χ1) is 14.3. The van der Waals surface area contributed by atoms with Crippen molar-refractivity contribution in [3.63, 3.8) is 0 Å². The van der Waals surface area contributed by atoms with Crippen LogP contribution >= 0.6 is 0 Å². The molecule has 30 heavy (non-hydrogen) atoms. The zero-order valence-electron chi connectivity index (χ0n) is 17.3. The van der Waals surface area contributed by atoms with Crippen molar-refractivity contribution in [2.45, 2.75) is 24.7 Å². The number of anilines is 3. The van der Waals surface area contributed by atoms with Crippen molar-refractivity contribution in [2.75, 3.05) is 54.3 Å². The molecule has 0 bridgehead atoms. The molecule has 2 aliphatic rings. The number of aromatic nitrogens is 1. The molecule has 1 saturated heterocycles. The summed E-state index contributed by atoms with van der Waals surface area (Å²) in [6.07, 6.45) is 3.13. The van der Waals surface area contributed by atoms with E-state index in [4.69, 9.17) is 0 Å². The van der Waals surface area contributed by atoms with Crippen LogP contribution < -0.4 is 14.5 Å². The van der Waals surface area contributed by atoms with E-state index in [-0.39, 0.29) is 10.8 Å². The zero-order chi connectivity index (χ0) is 21.3. The number of aryl methyl sites for hydroxylation is 1. The molecule has 2 aromatic rings. The van der Waals surface area contributed by atoms with Crippen LogP contribution in [0.3, 0.4) is 0 Å². The third-order valence-electron chi connectivity index (χ3n) is 5.69. The molecule has 0 spiro atoms. The summed E-state index contributed by atoms with van der Waals surface area (Å²) in [7, 11) is -1.65. The second-order valence-corrected chi connectivity index (χ2v) is 9.55. The number of nitrogens with one attached hydrogen (secondary N) is 1. The van der Waals surface area contributed by atoms with Crippen LogP contribution in [-0.4, -0.2) is 64.0 Å². The van der Waals surface area contributed by atoms with Gasteiger partial charge in [0.2, 0.25) is 5.91 Å². The van der Waals surface area contributed by atoms with E-state index in [1.165, 1.54) is 6.92 Å². The summed E-state index contributed by atoms with van der Waals surface area (Å²) in [6, 6.07) is 8.53. The molecule has 0 saturated carbocycles. The quantitative estimate of drug-likeness (QED) is 0.799. The van der Waals surface area contributed by atoms with Crippen LogP contribution in [0.25, 0.3) is 0 Å². The van der Waals surface area contributed by atoms with Gasteiger partial charge in [0.25, 0.3) is 10.0 Å². The average Bonchev–Trinajstić information content (AvgIpc) is 2.73. The number of carbonyl (C=O) groups excluding carboxylic acids is 1. The van der Waals surface area contributed by atoms with E-state index in [2.05, 4.69) is 26.6 Å². The molecule has 3 heterocycles. The van der Waals surface area contributed by atoms with Gasteiger partial charge in [-0.2, -0.15) is 0 Å². The van der Waals surface area contributed by atoms with Crippen LogP contribution in [-0.2, 0) is 21.2 Å². The Morgan fingerprint density at radius 3 is 2.50 bits per heavy atom. The molecule has 0 radical (unpaired) electrons. The van der Waals surface area contributed by atoms with Crippen LogP contribution in [0.5, 0.6) is 0 Å². The van der Waals surface area contributed by atoms with E-state index in [1.54, 1.807) is 35.4 Å². The molecule has 0 unspecified atom stereocenters. The fourth-order valence-electron chi connectivity index (χ4n) is 3.95. The van der Waals surface area contributed by atoms with Crippen LogP contribution in [0.15, 0.2) is 41.4 Å². The smallest absolute Gasteiger partial charge is 0.261 e. The Hall–Kier alpha value is -2.65. The first-order valence-electron chi connectivity index (χ1n) is 10.2. The molecule has 9 heteroatoms. The van der Waals surface area contributed by atoms with Gasteiger partial charge >= 0.3 is 0 Å². The van der Waals surface area contributed by atoms with E-state index >= 15 is 0 Å². The number of hydrogen-bond acceptors (Lipinski definition) is 6. The third-order valence-corrected chi connectivity index (χ3v) is 7.07. The highest BCUT2D eigenvalue weighted by atomic mass is 32.2. The lowest BCUT2D eigenvalue weighted by atomic mass is 10.0. The highest BCUT2D eigenvalue weighted by Gasteiger charge is 2.23. The van der Waals surface area contributed by atoms with Crippen molar-refractivity contribution in [1.82, 2.24) is 9.88 Å². The lowest BCUT2D eigenvalue weighted by molar-refractivity contribution is -0.116. The van der Waals surface area contributed by atoms with Gasteiger partial charge in [-0.3, -0.25) is 9.52 Å². The summed E-state index contributed by atoms with van der Waals surface area (Å²) in [5.74, 6) is 0.820. The predicted octanol–water partition coefficient (Wildman–Crippen LogP) is 1.93. The van der Waals surface area contributed by atoms with Gasteiger partial charge in [-0.05, 0) is 55.8 Å². The number of benzene rings is 1. The Bertz CT molecular complexity index is 1030. The second kappa shape index (κ2) is 8.23. The van der Waals surface area contributed by atoms with Gasteiger partial charge in [0.1, 0.15) is 5.82 Å². The molecule has 0 atom stereocenters. The largest absolute Gasteiger partial charge is 0.354 e. The van der Waals surface area contributed by atoms with Gasteiger partial charge in [0.05, 0.1) is 16.8 Å². The number of hydrogen-bond donors (Lipinski definition) is 1. The van der Waals surface area contributed by atoms with Crippen LogP contribution in [0, 0.1) is 0 Å². The molecule has 1 amide bonds. The minimum Gasteiger partial charge on any atom is -0.354 e. The van der Waals surface area contributed by atoms with Crippen molar-refractivity contribution in [1.29, 1.82) is 0 Å². The molecule has 160 valence electrons. The predicted molar refractivity (Wildman–Crippen MR) is 118 cm³/mol. The number of rotatable bonds is 4. The topological polar surface area (TPSA) is 85.8 Å². The van der Waals surface area contributed by atoms with Crippen molar-refractivity contribution in [3.8, 4) is 0 Å². The lowest BCUT2D eigenvalue weighted by Gasteiger charge is -2.33. The van der Waals surface area contributed by atoms with E-state index in [0.29, 0.717) is 12.2 Å². The molecule has 0 aliphatic carbocycles. The zero-order valence-corrected chi connectivity index (χ0v) is 18.2. The van der Waals surface area contributed by atoms with Gasteiger partial charge in [-0.25, -0.2) is 13.4 Å². The molecular weight excluding hydrogens is 402 g/mol. The number of likely N-dealkylation sites (N-methyl/N-ethyl adjacent to an activating group) is 1. The fraction of sp³-hybridized carbons (Fsp3) is 0.429. The highest BCUT2D eigenvalue weighted by Crippen LogP contribution is 2.30. The number of fused-ring (bicyclic) bond motifs is 1. The van der Waals surface area contributed by atoms with Crippen molar-refractivity contribution < 1.29 is 13.2 Å². The summed E-state index contributed by atoms with van der Waals surface area (Å²) in [5.41, 5.74) is 2.10. The van der Waals surface area contributed by atoms with Gasteiger partial charge in [0, 0.05) is 45.3 Å². The molecule has 1 fully saturated rings. The van der Waals surface area contributed by atoms with Gasteiger partial charge in [-0.15, -0.1) is 0 Å². The van der Waals surface area contributed by atoms with Crippen LogP contribution in [0.1, 0.15) is 18.9 Å². The van der Waals surface area contributed by atoms with Crippen molar-refractivity contribution in [2.24, 2.45) is 0 Å². The first kappa shape index (κ1) is 20.6. The Morgan fingerprint density at radius 1 is 1.07 bits per heavy atom. The normalized spacial score (nSPS) is 17.5. The average molecular weight is 430 g/mol. The molecular formula is C21H27N5O3S. The molecule has 1 N–H and O–H groups in total. The van der Waals surface area contributed by atoms with Crippen LogP contribution in [0.2, 0.25) is 0 Å². The number of sulfonamides is 1. The lowest BCUT2D eigenvalue weighted by Crippen LogP contribution is -2.44. The van der Waals surface area contributed by atoms with E-state index in [0.717, 1.165) is 56.1 Å². The van der Waals surface area contributed by atoms with Crippen LogP contribution in [0.4, 0.5) is 17.2 Å². The Balaban J connectivity index is 1.50. The van der Waals surface area contributed by atoms with E-state index < -0.39 is 10.0 Å². The standard InChI is InChI=1S/C21H27N5O3S/c1-16(27)26-9-3-4-17-14-19(6-7-20(17)26)30(28,29)23-18-5-8-21(22-15-18)25-12-10-24(2)11-13-25/h5-8,14-15,23H,3-4,9-13H2,1-2H3.